The summed E-state index contributed by atoms with van der Waals surface area (Å²) in [6.07, 6.45) is 4.25. The molecule has 1 aromatic rings. The van der Waals surface area contributed by atoms with E-state index in [9.17, 15) is 5.11 Å². The molecule has 0 aromatic heterocycles. The van der Waals surface area contributed by atoms with Gasteiger partial charge in [-0.2, -0.15) is 0 Å². The van der Waals surface area contributed by atoms with Crippen LogP contribution in [-0.2, 0) is 14.2 Å². The monoisotopic (exact) mass is 342 g/mol. The molecule has 0 radical (unpaired) electrons. The van der Waals surface area contributed by atoms with Crippen LogP contribution >= 0.6 is 0 Å². The van der Waals surface area contributed by atoms with Gasteiger partial charge in [0.1, 0.15) is 5.75 Å². The van der Waals surface area contributed by atoms with Gasteiger partial charge in [0.15, 0.2) is 11.5 Å². The number of benzene rings is 1. The molecule has 0 bridgehead atoms. The van der Waals surface area contributed by atoms with Crippen LogP contribution in [-0.4, -0.2) is 59.0 Å². The van der Waals surface area contributed by atoms with Crippen molar-refractivity contribution in [1.82, 2.24) is 0 Å². The van der Waals surface area contributed by atoms with Crippen LogP contribution in [0.5, 0.6) is 17.2 Å². The third-order valence-electron chi connectivity index (χ3n) is 3.41. The second kappa shape index (κ2) is 13.9. The predicted molar refractivity (Wildman–Crippen MR) is 92.1 cm³/mol. The van der Waals surface area contributed by atoms with Crippen molar-refractivity contribution < 1.29 is 28.8 Å². The molecule has 6 heteroatoms. The van der Waals surface area contributed by atoms with Crippen LogP contribution in [0, 0.1) is 0 Å². The first-order chi connectivity index (χ1) is 11.8. The quantitative estimate of drug-likeness (QED) is 0.494. The Kier molecular flexibility index (Phi) is 11.9. The Balaban J connectivity index is 1.90. The minimum Gasteiger partial charge on any atom is -0.504 e. The zero-order valence-electron chi connectivity index (χ0n) is 14.8. The zero-order chi connectivity index (χ0) is 17.5. The van der Waals surface area contributed by atoms with Crippen LogP contribution in [0.15, 0.2) is 18.2 Å². The van der Waals surface area contributed by atoms with E-state index in [0.717, 1.165) is 32.3 Å². The largest absolute Gasteiger partial charge is 0.504 e. The minimum absolute atomic E-state index is 0.119. The van der Waals surface area contributed by atoms with Gasteiger partial charge >= 0.3 is 0 Å². The zero-order valence-corrected chi connectivity index (χ0v) is 14.8. The van der Waals surface area contributed by atoms with E-state index in [1.165, 1.54) is 7.11 Å². The van der Waals surface area contributed by atoms with E-state index in [4.69, 9.17) is 23.7 Å². The topological polar surface area (TPSA) is 66.4 Å². The summed E-state index contributed by atoms with van der Waals surface area (Å²) in [6.45, 7) is 3.92. The maximum atomic E-state index is 9.51. The fraction of sp³-hybridized carbons (Fsp3) is 0.667. The van der Waals surface area contributed by atoms with E-state index >= 15 is 0 Å². The van der Waals surface area contributed by atoms with Gasteiger partial charge in [-0.25, -0.2) is 0 Å². The summed E-state index contributed by atoms with van der Waals surface area (Å²) in [5.74, 6) is 1.26. The number of phenolic OH excluding ortho intramolecular Hbond substituents is 1. The second-order valence-corrected chi connectivity index (χ2v) is 5.31. The third kappa shape index (κ3) is 9.60. The van der Waals surface area contributed by atoms with Crippen molar-refractivity contribution >= 4 is 0 Å². The van der Waals surface area contributed by atoms with Gasteiger partial charge in [-0.05, 0) is 31.4 Å². The van der Waals surface area contributed by atoms with Gasteiger partial charge in [-0.1, -0.05) is 6.42 Å². The van der Waals surface area contributed by atoms with Gasteiger partial charge in [-0.15, -0.1) is 0 Å². The first-order valence-electron chi connectivity index (χ1n) is 8.42. The summed E-state index contributed by atoms with van der Waals surface area (Å²) in [5, 5.41) is 9.51. The van der Waals surface area contributed by atoms with Crippen molar-refractivity contribution in [3.63, 3.8) is 0 Å². The van der Waals surface area contributed by atoms with E-state index in [1.807, 2.05) is 0 Å². The van der Waals surface area contributed by atoms with E-state index in [-0.39, 0.29) is 5.75 Å². The molecule has 0 fully saturated rings. The Morgan fingerprint density at radius 3 is 2.17 bits per heavy atom. The van der Waals surface area contributed by atoms with Gasteiger partial charge < -0.3 is 28.8 Å². The Morgan fingerprint density at radius 1 is 0.792 bits per heavy atom. The average Bonchev–Trinajstić information content (AvgIpc) is 2.60. The summed E-state index contributed by atoms with van der Waals surface area (Å²) in [6, 6.07) is 5.00. The number of ether oxygens (including phenoxy) is 5. The molecule has 0 amide bonds. The lowest BCUT2D eigenvalue weighted by atomic mass is 10.2. The van der Waals surface area contributed by atoms with E-state index in [1.54, 1.807) is 25.3 Å². The molecule has 1 rings (SSSR count). The highest BCUT2D eigenvalue weighted by molar-refractivity contribution is 5.44. The first kappa shape index (κ1) is 20.5. The second-order valence-electron chi connectivity index (χ2n) is 5.31. The molecule has 6 nitrogen and oxygen atoms in total. The van der Waals surface area contributed by atoms with Crippen molar-refractivity contribution in [3.8, 4) is 17.2 Å². The Labute approximate surface area is 144 Å². The number of methoxy groups -OCH3 is 2. The lowest BCUT2D eigenvalue weighted by Gasteiger charge is -2.09. The highest BCUT2D eigenvalue weighted by atomic mass is 16.5. The summed E-state index contributed by atoms with van der Waals surface area (Å²) in [5.41, 5.74) is 0. The molecule has 1 aromatic carbocycles. The number of rotatable bonds is 15. The molecule has 138 valence electrons. The summed E-state index contributed by atoms with van der Waals surface area (Å²) in [7, 11) is 3.18. The van der Waals surface area contributed by atoms with Crippen molar-refractivity contribution in [2.45, 2.75) is 25.7 Å². The minimum atomic E-state index is 0.119. The van der Waals surface area contributed by atoms with Crippen LogP contribution in [0.2, 0.25) is 0 Å². The number of phenols is 1. The molecule has 0 aliphatic heterocycles. The normalized spacial score (nSPS) is 10.8. The van der Waals surface area contributed by atoms with Crippen LogP contribution in [0.1, 0.15) is 25.7 Å². The Morgan fingerprint density at radius 2 is 1.46 bits per heavy atom. The summed E-state index contributed by atoms with van der Waals surface area (Å²) in [4.78, 5) is 0. The highest BCUT2D eigenvalue weighted by Crippen LogP contribution is 2.29. The Bertz CT molecular complexity index is 424. The number of hydrogen-bond acceptors (Lipinski definition) is 6. The lowest BCUT2D eigenvalue weighted by molar-refractivity contribution is 0.0239. The predicted octanol–water partition coefficient (Wildman–Crippen LogP) is 3.02. The SMILES string of the molecule is COCCOCCOCCCCCCOc1ccc(O)c(OC)c1. The molecule has 0 heterocycles. The molecule has 0 atom stereocenters. The summed E-state index contributed by atoms with van der Waals surface area (Å²) < 4.78 is 26.4. The van der Waals surface area contributed by atoms with Crippen molar-refractivity contribution in [2.75, 3.05) is 53.9 Å². The maximum Gasteiger partial charge on any atom is 0.164 e. The van der Waals surface area contributed by atoms with Crippen LogP contribution < -0.4 is 9.47 Å². The fourth-order valence-corrected chi connectivity index (χ4v) is 2.06. The molecule has 0 aliphatic rings. The molecule has 0 saturated heterocycles. The van der Waals surface area contributed by atoms with E-state index < -0.39 is 0 Å². The van der Waals surface area contributed by atoms with Gasteiger partial charge in [0.05, 0.1) is 40.1 Å². The molecular formula is C18H30O6. The first-order valence-corrected chi connectivity index (χ1v) is 8.42. The highest BCUT2D eigenvalue weighted by Gasteiger charge is 2.03. The van der Waals surface area contributed by atoms with Crippen molar-refractivity contribution in [3.05, 3.63) is 18.2 Å². The third-order valence-corrected chi connectivity index (χ3v) is 3.41. The van der Waals surface area contributed by atoms with Crippen LogP contribution in [0.25, 0.3) is 0 Å². The lowest BCUT2D eigenvalue weighted by Crippen LogP contribution is -2.08. The molecule has 0 saturated carbocycles. The maximum absolute atomic E-state index is 9.51. The standard InChI is InChI=1S/C18H30O6/c1-20-11-12-23-14-13-22-9-5-3-4-6-10-24-16-7-8-17(19)18(15-16)21-2/h7-8,15,19H,3-6,9-14H2,1-2H3. The van der Waals surface area contributed by atoms with Gasteiger partial charge in [0.25, 0.3) is 0 Å². The van der Waals surface area contributed by atoms with Crippen LogP contribution in [0.3, 0.4) is 0 Å². The molecular weight excluding hydrogens is 312 g/mol. The summed E-state index contributed by atoms with van der Waals surface area (Å²) >= 11 is 0. The van der Waals surface area contributed by atoms with Gasteiger partial charge in [0.2, 0.25) is 0 Å². The number of aromatic hydroxyl groups is 1. The van der Waals surface area contributed by atoms with Crippen molar-refractivity contribution in [2.24, 2.45) is 0 Å². The fourth-order valence-electron chi connectivity index (χ4n) is 2.06. The molecule has 0 unspecified atom stereocenters. The number of unbranched alkanes of at least 4 members (excludes halogenated alkanes) is 3. The number of hydrogen-bond donors (Lipinski definition) is 1. The molecule has 0 aliphatic carbocycles. The van der Waals surface area contributed by atoms with Gasteiger partial charge in [-0.3, -0.25) is 0 Å². The molecule has 1 N–H and O–H groups in total. The Hall–Kier alpha value is -1.50. The van der Waals surface area contributed by atoms with E-state index in [0.29, 0.717) is 44.5 Å². The smallest absolute Gasteiger partial charge is 0.164 e. The van der Waals surface area contributed by atoms with Crippen molar-refractivity contribution in [1.29, 1.82) is 0 Å². The molecule has 24 heavy (non-hydrogen) atoms. The van der Waals surface area contributed by atoms with Crippen LogP contribution in [0.4, 0.5) is 0 Å². The van der Waals surface area contributed by atoms with Gasteiger partial charge in [0, 0.05) is 19.8 Å². The molecule has 0 spiro atoms. The van der Waals surface area contributed by atoms with E-state index in [2.05, 4.69) is 0 Å². The average molecular weight is 342 g/mol.